The van der Waals surface area contributed by atoms with Gasteiger partial charge in [-0.05, 0) is 18.1 Å². The first kappa shape index (κ1) is 9.71. The molecule has 1 aromatic carbocycles. The Labute approximate surface area is 87.7 Å². The largest absolute Gasteiger partial charge is 0.369 e. The molecule has 2 rings (SSSR count). The summed E-state index contributed by atoms with van der Waals surface area (Å²) in [7, 11) is 0. The summed E-state index contributed by atoms with van der Waals surface area (Å²) < 4.78 is 0. The summed E-state index contributed by atoms with van der Waals surface area (Å²) in [5, 5.41) is 0. The van der Waals surface area contributed by atoms with Gasteiger partial charge in [-0.3, -0.25) is 9.59 Å². The molecule has 1 aliphatic heterocycles. The van der Waals surface area contributed by atoms with Gasteiger partial charge in [0.2, 0.25) is 11.8 Å². The van der Waals surface area contributed by atoms with E-state index in [4.69, 9.17) is 5.73 Å². The third-order valence-corrected chi connectivity index (χ3v) is 2.51. The van der Waals surface area contributed by atoms with Crippen molar-refractivity contribution < 1.29 is 9.59 Å². The topological polar surface area (TPSA) is 63.4 Å². The summed E-state index contributed by atoms with van der Waals surface area (Å²) in [6.07, 6.45) is 0.634. The highest BCUT2D eigenvalue weighted by Gasteiger charge is 2.24. The summed E-state index contributed by atoms with van der Waals surface area (Å²) >= 11 is 0. The average Bonchev–Trinajstić information content (AvgIpc) is 2.59. The fraction of sp³-hybridized carbons (Fsp3) is 0.273. The second kappa shape index (κ2) is 3.73. The number of para-hydroxylation sites is 1. The molecule has 0 atom stereocenters. The number of nitrogens with zero attached hydrogens (tertiary/aromatic N) is 1. The van der Waals surface area contributed by atoms with Crippen LogP contribution in [0.15, 0.2) is 24.3 Å². The normalized spacial score (nSPS) is 13.7. The van der Waals surface area contributed by atoms with Crippen LogP contribution >= 0.6 is 0 Å². The Hall–Kier alpha value is -1.84. The molecule has 0 fully saturated rings. The van der Waals surface area contributed by atoms with Gasteiger partial charge in [0.05, 0.1) is 0 Å². The van der Waals surface area contributed by atoms with Gasteiger partial charge in [-0.15, -0.1) is 0 Å². The fourth-order valence-electron chi connectivity index (χ4n) is 1.84. The molecule has 2 N–H and O–H groups in total. The zero-order chi connectivity index (χ0) is 10.8. The molecule has 2 amide bonds. The van der Waals surface area contributed by atoms with Crippen LogP contribution in [0.5, 0.6) is 0 Å². The van der Waals surface area contributed by atoms with Crippen molar-refractivity contribution >= 4 is 17.5 Å². The van der Waals surface area contributed by atoms with Gasteiger partial charge in [0.1, 0.15) is 6.42 Å². The van der Waals surface area contributed by atoms with Crippen LogP contribution in [0.3, 0.4) is 0 Å². The zero-order valence-electron chi connectivity index (χ0n) is 8.27. The third-order valence-electron chi connectivity index (χ3n) is 2.51. The molecule has 78 valence electrons. The second-order valence-corrected chi connectivity index (χ2v) is 3.57. The number of hydrogen-bond donors (Lipinski definition) is 1. The SMILES string of the molecule is NC(=O)CC(=O)N1CCc2ccccc21. The number of carbonyl (C=O) groups excluding carboxylic acids is 2. The molecular weight excluding hydrogens is 192 g/mol. The van der Waals surface area contributed by atoms with Crippen molar-refractivity contribution in [2.45, 2.75) is 12.8 Å². The van der Waals surface area contributed by atoms with Crippen molar-refractivity contribution in [3.8, 4) is 0 Å². The summed E-state index contributed by atoms with van der Waals surface area (Å²) in [4.78, 5) is 23.9. The van der Waals surface area contributed by atoms with Gasteiger partial charge in [-0.25, -0.2) is 0 Å². The molecule has 1 aromatic rings. The molecule has 4 heteroatoms. The van der Waals surface area contributed by atoms with Gasteiger partial charge in [0.25, 0.3) is 0 Å². The van der Waals surface area contributed by atoms with E-state index in [9.17, 15) is 9.59 Å². The lowest BCUT2D eigenvalue weighted by Crippen LogP contribution is -2.32. The molecule has 0 saturated carbocycles. The zero-order valence-corrected chi connectivity index (χ0v) is 8.27. The van der Waals surface area contributed by atoms with Gasteiger partial charge >= 0.3 is 0 Å². The first-order chi connectivity index (χ1) is 7.18. The summed E-state index contributed by atoms with van der Waals surface area (Å²) in [5.74, 6) is -0.795. The van der Waals surface area contributed by atoms with Crippen molar-refractivity contribution in [2.24, 2.45) is 5.73 Å². The highest BCUT2D eigenvalue weighted by molar-refractivity contribution is 6.05. The van der Waals surface area contributed by atoms with Crippen LogP contribution in [0, 0.1) is 0 Å². The lowest BCUT2D eigenvalue weighted by molar-refractivity contribution is -0.126. The van der Waals surface area contributed by atoms with Crippen LogP contribution in [0.25, 0.3) is 0 Å². The van der Waals surface area contributed by atoms with Crippen LogP contribution in [-0.2, 0) is 16.0 Å². The minimum Gasteiger partial charge on any atom is -0.369 e. The van der Waals surface area contributed by atoms with Crippen molar-refractivity contribution in [3.05, 3.63) is 29.8 Å². The molecule has 0 aromatic heterocycles. The number of hydrogen-bond acceptors (Lipinski definition) is 2. The Morgan fingerprint density at radius 1 is 1.33 bits per heavy atom. The summed E-state index contributed by atoms with van der Waals surface area (Å²) in [6.45, 7) is 0.644. The van der Waals surface area contributed by atoms with E-state index in [2.05, 4.69) is 0 Å². The number of amides is 2. The maximum atomic E-state index is 11.6. The molecule has 1 heterocycles. The van der Waals surface area contributed by atoms with Crippen LogP contribution in [-0.4, -0.2) is 18.4 Å². The minimum atomic E-state index is -0.579. The highest BCUT2D eigenvalue weighted by atomic mass is 16.2. The average molecular weight is 204 g/mol. The quantitative estimate of drug-likeness (QED) is 0.711. The lowest BCUT2D eigenvalue weighted by Gasteiger charge is -2.16. The molecule has 0 radical (unpaired) electrons. The van der Waals surface area contributed by atoms with Crippen molar-refractivity contribution in [1.29, 1.82) is 0 Å². The Balaban J connectivity index is 2.20. The van der Waals surface area contributed by atoms with Crippen molar-refractivity contribution in [2.75, 3.05) is 11.4 Å². The van der Waals surface area contributed by atoms with E-state index in [0.29, 0.717) is 6.54 Å². The smallest absolute Gasteiger partial charge is 0.236 e. The Bertz CT molecular complexity index is 415. The molecule has 0 bridgehead atoms. The molecule has 0 spiro atoms. The first-order valence-corrected chi connectivity index (χ1v) is 4.85. The number of fused-ring (bicyclic) bond motifs is 1. The molecule has 1 aliphatic rings. The number of anilines is 1. The number of rotatable bonds is 2. The maximum absolute atomic E-state index is 11.6. The molecule has 0 unspecified atom stereocenters. The predicted molar refractivity (Wildman–Crippen MR) is 56.3 cm³/mol. The predicted octanol–water partition coefficient (Wildman–Crippen LogP) is 0.451. The van der Waals surface area contributed by atoms with E-state index in [1.807, 2.05) is 24.3 Å². The van der Waals surface area contributed by atoms with E-state index in [1.54, 1.807) is 4.90 Å². The summed E-state index contributed by atoms with van der Waals surface area (Å²) in [6, 6.07) is 7.71. The van der Waals surface area contributed by atoms with E-state index in [1.165, 1.54) is 0 Å². The minimum absolute atomic E-state index is 0.214. The highest BCUT2D eigenvalue weighted by Crippen LogP contribution is 2.27. The summed E-state index contributed by atoms with van der Waals surface area (Å²) in [5.41, 5.74) is 7.05. The molecule has 4 nitrogen and oxygen atoms in total. The monoisotopic (exact) mass is 204 g/mol. The van der Waals surface area contributed by atoms with Crippen LogP contribution in [0.4, 0.5) is 5.69 Å². The van der Waals surface area contributed by atoms with E-state index in [0.717, 1.165) is 17.7 Å². The second-order valence-electron chi connectivity index (χ2n) is 3.57. The molecular formula is C11H12N2O2. The van der Waals surface area contributed by atoms with Gasteiger partial charge in [0.15, 0.2) is 0 Å². The van der Waals surface area contributed by atoms with Crippen LogP contribution in [0.1, 0.15) is 12.0 Å². The van der Waals surface area contributed by atoms with Crippen LogP contribution < -0.4 is 10.6 Å². The van der Waals surface area contributed by atoms with Gasteiger partial charge in [0, 0.05) is 12.2 Å². The van der Waals surface area contributed by atoms with Gasteiger partial charge < -0.3 is 10.6 Å². The number of nitrogens with two attached hydrogens (primary N) is 1. The van der Waals surface area contributed by atoms with E-state index < -0.39 is 5.91 Å². The maximum Gasteiger partial charge on any atom is 0.236 e. The molecule has 0 saturated heterocycles. The number of benzene rings is 1. The standard InChI is InChI=1S/C11H12N2O2/c12-10(14)7-11(15)13-6-5-8-3-1-2-4-9(8)13/h1-4H,5-7H2,(H2,12,14). The Kier molecular flexibility index (Phi) is 2.41. The van der Waals surface area contributed by atoms with E-state index in [-0.39, 0.29) is 12.3 Å². The van der Waals surface area contributed by atoms with Gasteiger partial charge in [-0.2, -0.15) is 0 Å². The number of carbonyl (C=O) groups is 2. The Morgan fingerprint density at radius 2 is 2.07 bits per heavy atom. The number of primary amides is 1. The van der Waals surface area contributed by atoms with Gasteiger partial charge in [-0.1, -0.05) is 18.2 Å². The van der Waals surface area contributed by atoms with E-state index >= 15 is 0 Å². The van der Waals surface area contributed by atoms with Crippen molar-refractivity contribution in [1.82, 2.24) is 0 Å². The fourth-order valence-corrected chi connectivity index (χ4v) is 1.84. The Morgan fingerprint density at radius 3 is 2.80 bits per heavy atom. The molecule has 0 aliphatic carbocycles. The lowest BCUT2D eigenvalue weighted by atomic mass is 10.2. The van der Waals surface area contributed by atoms with Crippen LogP contribution in [0.2, 0.25) is 0 Å². The first-order valence-electron chi connectivity index (χ1n) is 4.85. The molecule has 15 heavy (non-hydrogen) atoms. The van der Waals surface area contributed by atoms with Crippen molar-refractivity contribution in [3.63, 3.8) is 0 Å². The third kappa shape index (κ3) is 1.83.